The second-order valence-corrected chi connectivity index (χ2v) is 7.37. The molecule has 126 valence electrons. The summed E-state index contributed by atoms with van der Waals surface area (Å²) in [7, 11) is 0. The number of carbonyl (C=O) groups is 1. The minimum Gasteiger partial charge on any atom is -0.379 e. The van der Waals surface area contributed by atoms with Crippen molar-refractivity contribution in [2.75, 3.05) is 39.4 Å². The van der Waals surface area contributed by atoms with Gasteiger partial charge in [-0.2, -0.15) is 0 Å². The number of carbonyl (C=O) groups excluding carboxylic acids is 1. The maximum absolute atomic E-state index is 12.4. The molecule has 22 heavy (non-hydrogen) atoms. The van der Waals surface area contributed by atoms with Crippen LogP contribution in [0.25, 0.3) is 0 Å². The zero-order chi connectivity index (χ0) is 15.4. The Balaban J connectivity index is 1.36. The Bertz CT molecular complexity index is 357. The monoisotopic (exact) mass is 309 g/mol. The van der Waals surface area contributed by atoms with Gasteiger partial charge < -0.3 is 15.4 Å². The molecule has 1 amide bonds. The highest BCUT2D eigenvalue weighted by molar-refractivity contribution is 5.82. The first-order valence-corrected chi connectivity index (χ1v) is 9.06. The van der Waals surface area contributed by atoms with Crippen LogP contribution in [-0.2, 0) is 9.53 Å². The van der Waals surface area contributed by atoms with Crippen LogP contribution in [0.15, 0.2) is 0 Å². The summed E-state index contributed by atoms with van der Waals surface area (Å²) in [5.74, 6) is 1.43. The summed E-state index contributed by atoms with van der Waals surface area (Å²) in [6.45, 7) is 7.77. The summed E-state index contributed by atoms with van der Waals surface area (Å²) >= 11 is 0. The van der Waals surface area contributed by atoms with E-state index in [9.17, 15) is 4.79 Å². The lowest BCUT2D eigenvalue weighted by Gasteiger charge is -2.29. The predicted molar refractivity (Wildman–Crippen MR) is 86.7 cm³/mol. The Morgan fingerprint density at radius 1 is 1.32 bits per heavy atom. The van der Waals surface area contributed by atoms with Crippen LogP contribution < -0.4 is 10.6 Å². The highest BCUT2D eigenvalue weighted by atomic mass is 16.5. The molecule has 0 aromatic rings. The van der Waals surface area contributed by atoms with E-state index in [0.29, 0.717) is 12.0 Å². The van der Waals surface area contributed by atoms with Gasteiger partial charge in [0.25, 0.3) is 0 Å². The zero-order valence-electron chi connectivity index (χ0n) is 13.9. The lowest BCUT2D eigenvalue weighted by molar-refractivity contribution is -0.123. The van der Waals surface area contributed by atoms with E-state index in [1.165, 1.54) is 25.7 Å². The molecule has 2 aliphatic heterocycles. The van der Waals surface area contributed by atoms with Crippen LogP contribution in [0, 0.1) is 11.8 Å². The first-order valence-electron chi connectivity index (χ1n) is 9.06. The number of hydrogen-bond acceptors (Lipinski definition) is 4. The average molecular weight is 309 g/mol. The Morgan fingerprint density at radius 2 is 2.09 bits per heavy atom. The van der Waals surface area contributed by atoms with E-state index >= 15 is 0 Å². The molecule has 2 saturated heterocycles. The van der Waals surface area contributed by atoms with Gasteiger partial charge in [0.05, 0.1) is 19.3 Å². The second kappa shape index (κ2) is 7.75. The number of morpholine rings is 1. The molecule has 0 bridgehead atoms. The largest absolute Gasteiger partial charge is 0.379 e. The summed E-state index contributed by atoms with van der Waals surface area (Å²) < 4.78 is 5.37. The van der Waals surface area contributed by atoms with E-state index in [2.05, 4.69) is 22.5 Å². The normalized spacial score (nSPS) is 34.1. The van der Waals surface area contributed by atoms with Gasteiger partial charge in [-0.15, -0.1) is 0 Å². The number of nitrogens with zero attached hydrogens (tertiary/aromatic N) is 1. The molecule has 3 rings (SSSR count). The third-order valence-corrected chi connectivity index (χ3v) is 5.48. The van der Waals surface area contributed by atoms with Crippen molar-refractivity contribution >= 4 is 5.91 Å². The van der Waals surface area contributed by atoms with Crippen molar-refractivity contribution in [2.24, 2.45) is 11.8 Å². The van der Waals surface area contributed by atoms with Crippen molar-refractivity contribution < 1.29 is 9.53 Å². The fourth-order valence-corrected chi connectivity index (χ4v) is 4.21. The Kier molecular flexibility index (Phi) is 5.71. The molecule has 0 aromatic heterocycles. The molecule has 5 heteroatoms. The molecule has 3 aliphatic rings. The molecule has 1 aliphatic carbocycles. The van der Waals surface area contributed by atoms with E-state index in [4.69, 9.17) is 4.74 Å². The number of ether oxygens (including phenoxy) is 1. The van der Waals surface area contributed by atoms with E-state index in [-0.39, 0.29) is 11.9 Å². The fourth-order valence-electron chi connectivity index (χ4n) is 4.21. The van der Waals surface area contributed by atoms with E-state index in [1.807, 2.05) is 0 Å². The van der Waals surface area contributed by atoms with Crippen molar-refractivity contribution in [1.29, 1.82) is 0 Å². The molecule has 0 aromatic carbocycles. The maximum atomic E-state index is 12.4. The number of fused-ring (bicyclic) bond motifs is 1. The van der Waals surface area contributed by atoms with E-state index < -0.39 is 0 Å². The minimum atomic E-state index is 0.0451. The maximum Gasteiger partial charge on any atom is 0.237 e. The first kappa shape index (κ1) is 16.2. The number of rotatable bonds is 5. The van der Waals surface area contributed by atoms with Crippen LogP contribution >= 0.6 is 0 Å². The highest BCUT2D eigenvalue weighted by Gasteiger charge is 2.38. The summed E-state index contributed by atoms with van der Waals surface area (Å²) in [4.78, 5) is 14.8. The predicted octanol–water partition coefficient (Wildman–Crippen LogP) is 0.992. The van der Waals surface area contributed by atoms with Gasteiger partial charge >= 0.3 is 0 Å². The van der Waals surface area contributed by atoms with Gasteiger partial charge in [-0.25, -0.2) is 0 Å². The number of amides is 1. The highest BCUT2D eigenvalue weighted by Crippen LogP contribution is 2.33. The van der Waals surface area contributed by atoms with Crippen LogP contribution in [0.2, 0.25) is 0 Å². The Hall–Kier alpha value is -0.650. The van der Waals surface area contributed by atoms with Crippen LogP contribution in [0.4, 0.5) is 0 Å². The zero-order valence-corrected chi connectivity index (χ0v) is 13.9. The topological polar surface area (TPSA) is 53.6 Å². The van der Waals surface area contributed by atoms with Crippen molar-refractivity contribution in [1.82, 2.24) is 15.5 Å². The van der Waals surface area contributed by atoms with Crippen LogP contribution in [0.5, 0.6) is 0 Å². The molecule has 2 N–H and O–H groups in total. The van der Waals surface area contributed by atoms with Gasteiger partial charge in [-0.05, 0) is 31.1 Å². The molecule has 0 spiro atoms. The van der Waals surface area contributed by atoms with Gasteiger partial charge in [0.1, 0.15) is 0 Å². The van der Waals surface area contributed by atoms with Crippen molar-refractivity contribution in [3.8, 4) is 0 Å². The molecule has 4 unspecified atom stereocenters. The molecule has 5 nitrogen and oxygen atoms in total. The lowest BCUT2D eigenvalue weighted by atomic mass is 9.85. The van der Waals surface area contributed by atoms with Gasteiger partial charge in [0, 0.05) is 32.2 Å². The van der Waals surface area contributed by atoms with Crippen LogP contribution in [0.1, 0.15) is 39.0 Å². The standard InChI is InChI=1S/C17H31N3O2/c1-13(12-20-6-8-22-9-7-20)11-18-17(21)16-10-14-4-2-3-5-15(14)19-16/h13-16,19H,2-12H2,1H3,(H,18,21). The molecule has 4 atom stereocenters. The summed E-state index contributed by atoms with van der Waals surface area (Å²) in [6, 6.07) is 0.638. The van der Waals surface area contributed by atoms with Gasteiger partial charge in [0.2, 0.25) is 5.91 Å². The fraction of sp³-hybridized carbons (Fsp3) is 0.941. The third-order valence-electron chi connectivity index (χ3n) is 5.48. The number of hydrogen-bond donors (Lipinski definition) is 2. The minimum absolute atomic E-state index is 0.0451. The first-order chi connectivity index (χ1) is 10.7. The third kappa shape index (κ3) is 4.21. The van der Waals surface area contributed by atoms with Crippen molar-refractivity contribution in [2.45, 2.75) is 51.1 Å². The van der Waals surface area contributed by atoms with Gasteiger partial charge in [-0.1, -0.05) is 19.8 Å². The molecule has 0 radical (unpaired) electrons. The van der Waals surface area contributed by atoms with E-state index in [1.54, 1.807) is 0 Å². The molecule has 3 fully saturated rings. The lowest BCUT2D eigenvalue weighted by Crippen LogP contribution is -2.46. The van der Waals surface area contributed by atoms with Crippen molar-refractivity contribution in [3.63, 3.8) is 0 Å². The number of nitrogens with one attached hydrogen (secondary N) is 2. The SMILES string of the molecule is CC(CNC(=O)C1CC2CCCCC2N1)CN1CCOCC1. The quantitative estimate of drug-likeness (QED) is 0.795. The van der Waals surface area contributed by atoms with E-state index in [0.717, 1.165) is 51.7 Å². The Morgan fingerprint density at radius 3 is 2.86 bits per heavy atom. The summed E-state index contributed by atoms with van der Waals surface area (Å²) in [5.41, 5.74) is 0. The molecular weight excluding hydrogens is 278 g/mol. The Labute approximate surface area is 134 Å². The average Bonchev–Trinajstić information content (AvgIpc) is 2.98. The smallest absolute Gasteiger partial charge is 0.237 e. The summed E-state index contributed by atoms with van der Waals surface area (Å²) in [5, 5.41) is 6.72. The van der Waals surface area contributed by atoms with Crippen LogP contribution in [-0.4, -0.2) is 62.3 Å². The second-order valence-electron chi connectivity index (χ2n) is 7.37. The van der Waals surface area contributed by atoms with Crippen LogP contribution in [0.3, 0.4) is 0 Å². The van der Waals surface area contributed by atoms with Crippen molar-refractivity contribution in [3.05, 3.63) is 0 Å². The van der Waals surface area contributed by atoms with Gasteiger partial charge in [0.15, 0.2) is 0 Å². The molecule has 2 heterocycles. The summed E-state index contributed by atoms with van der Waals surface area (Å²) in [6.07, 6.45) is 6.25. The molecule has 1 saturated carbocycles. The van der Waals surface area contributed by atoms with Gasteiger partial charge in [-0.3, -0.25) is 9.69 Å². The molecular formula is C17H31N3O2.